The van der Waals surface area contributed by atoms with Crippen LogP contribution in [0.2, 0.25) is 0 Å². The molecule has 0 bridgehead atoms. The zero-order chi connectivity index (χ0) is 12.3. The monoisotopic (exact) mass is 340 g/mol. The minimum Gasteiger partial charge on any atom is -0.398 e. The number of para-hydroxylation sites is 1. The molecule has 17 heavy (non-hydrogen) atoms. The molecule has 0 spiro atoms. The van der Waals surface area contributed by atoms with Crippen molar-refractivity contribution in [1.29, 1.82) is 0 Å². The topological polar surface area (TPSA) is 63.8 Å². The molecule has 2 rings (SSSR count). The third-order valence-corrected chi connectivity index (χ3v) is 2.99. The van der Waals surface area contributed by atoms with E-state index in [9.17, 15) is 0 Å². The first-order valence-electron chi connectivity index (χ1n) is 5.25. The number of anilines is 2. The van der Waals surface area contributed by atoms with E-state index >= 15 is 0 Å². The fourth-order valence-electron chi connectivity index (χ4n) is 1.56. The highest BCUT2D eigenvalue weighted by Crippen LogP contribution is 2.22. The van der Waals surface area contributed by atoms with Gasteiger partial charge < -0.3 is 11.1 Å². The number of hydrogen-bond acceptors (Lipinski definition) is 4. The minimum atomic E-state index is 0.0799. The van der Waals surface area contributed by atoms with Crippen molar-refractivity contribution in [3.63, 3.8) is 0 Å². The Balaban J connectivity index is 2.14. The first kappa shape index (κ1) is 12.1. The normalized spacial score (nSPS) is 12.1. The Labute approximate surface area is 114 Å². The standard InChI is InChI=1S/C12H13IN4/c1-8(10-4-2-3-5-11(10)14)17-12-15-6-9(13)7-16-12/h2-8H,14H2,1H3,(H,15,16,17). The molecule has 1 atom stereocenters. The molecule has 0 saturated heterocycles. The van der Waals surface area contributed by atoms with Crippen molar-refractivity contribution in [2.75, 3.05) is 11.1 Å². The van der Waals surface area contributed by atoms with Crippen LogP contribution in [0.5, 0.6) is 0 Å². The Morgan fingerprint density at radius 2 is 1.88 bits per heavy atom. The van der Waals surface area contributed by atoms with E-state index in [1.165, 1.54) is 0 Å². The smallest absolute Gasteiger partial charge is 0.223 e. The molecule has 0 radical (unpaired) electrons. The average Bonchev–Trinajstić information content (AvgIpc) is 2.32. The number of nitrogens with two attached hydrogens (primary N) is 1. The second-order valence-corrected chi connectivity index (χ2v) is 4.97. The predicted octanol–water partition coefficient (Wildman–Crippen LogP) is 2.84. The van der Waals surface area contributed by atoms with Crippen molar-refractivity contribution in [3.8, 4) is 0 Å². The summed E-state index contributed by atoms with van der Waals surface area (Å²) in [5.74, 6) is 0.612. The minimum absolute atomic E-state index is 0.0799. The van der Waals surface area contributed by atoms with E-state index < -0.39 is 0 Å². The number of hydrogen-bond donors (Lipinski definition) is 2. The molecule has 88 valence electrons. The molecule has 1 aromatic heterocycles. The number of halogens is 1. The lowest BCUT2D eigenvalue weighted by molar-refractivity contribution is 0.862. The number of aromatic nitrogens is 2. The van der Waals surface area contributed by atoms with Gasteiger partial charge in [0.1, 0.15) is 0 Å². The quantitative estimate of drug-likeness (QED) is 0.666. The Morgan fingerprint density at radius 1 is 1.24 bits per heavy atom. The van der Waals surface area contributed by atoms with Crippen LogP contribution in [0.15, 0.2) is 36.7 Å². The van der Waals surface area contributed by atoms with Gasteiger partial charge in [-0.3, -0.25) is 0 Å². The largest absolute Gasteiger partial charge is 0.398 e. The van der Waals surface area contributed by atoms with Crippen LogP contribution >= 0.6 is 22.6 Å². The fraction of sp³-hybridized carbons (Fsp3) is 0.167. The maximum absolute atomic E-state index is 5.92. The molecule has 5 heteroatoms. The summed E-state index contributed by atoms with van der Waals surface area (Å²) >= 11 is 2.17. The molecule has 0 fully saturated rings. The van der Waals surface area contributed by atoms with Crippen molar-refractivity contribution in [2.45, 2.75) is 13.0 Å². The fourth-order valence-corrected chi connectivity index (χ4v) is 1.84. The van der Waals surface area contributed by atoms with Crippen molar-refractivity contribution >= 4 is 34.2 Å². The summed E-state index contributed by atoms with van der Waals surface area (Å²) in [7, 11) is 0. The Hall–Kier alpha value is -1.37. The van der Waals surface area contributed by atoms with Crippen LogP contribution in [0.25, 0.3) is 0 Å². The van der Waals surface area contributed by atoms with Gasteiger partial charge in [-0.15, -0.1) is 0 Å². The highest BCUT2D eigenvalue weighted by Gasteiger charge is 2.09. The zero-order valence-electron chi connectivity index (χ0n) is 9.39. The third kappa shape index (κ3) is 3.06. The average molecular weight is 340 g/mol. The Kier molecular flexibility index (Phi) is 3.78. The van der Waals surface area contributed by atoms with E-state index in [1.807, 2.05) is 31.2 Å². The van der Waals surface area contributed by atoms with Crippen molar-refractivity contribution in [1.82, 2.24) is 9.97 Å². The molecule has 0 aliphatic heterocycles. The van der Waals surface area contributed by atoms with Gasteiger partial charge in [-0.1, -0.05) is 18.2 Å². The van der Waals surface area contributed by atoms with E-state index in [4.69, 9.17) is 5.73 Å². The van der Waals surface area contributed by atoms with Gasteiger partial charge >= 0.3 is 0 Å². The number of benzene rings is 1. The highest BCUT2D eigenvalue weighted by atomic mass is 127. The number of nitrogens with one attached hydrogen (secondary N) is 1. The van der Waals surface area contributed by atoms with Gasteiger partial charge in [-0.05, 0) is 41.1 Å². The van der Waals surface area contributed by atoms with Gasteiger partial charge in [0, 0.05) is 21.7 Å². The lowest BCUT2D eigenvalue weighted by atomic mass is 10.1. The lowest BCUT2D eigenvalue weighted by Gasteiger charge is -2.15. The van der Waals surface area contributed by atoms with Crippen LogP contribution < -0.4 is 11.1 Å². The van der Waals surface area contributed by atoms with E-state index in [1.54, 1.807) is 12.4 Å². The van der Waals surface area contributed by atoms with Crippen molar-refractivity contribution in [3.05, 3.63) is 45.8 Å². The molecular formula is C12H13IN4. The van der Waals surface area contributed by atoms with E-state index in [-0.39, 0.29) is 6.04 Å². The first-order chi connectivity index (χ1) is 8.16. The van der Waals surface area contributed by atoms with Crippen LogP contribution in [0.3, 0.4) is 0 Å². The van der Waals surface area contributed by atoms with Crippen LogP contribution in [-0.2, 0) is 0 Å². The molecule has 4 nitrogen and oxygen atoms in total. The van der Waals surface area contributed by atoms with Gasteiger partial charge in [0.25, 0.3) is 0 Å². The summed E-state index contributed by atoms with van der Waals surface area (Å²) in [4.78, 5) is 8.41. The maximum Gasteiger partial charge on any atom is 0.223 e. The molecule has 0 aliphatic rings. The SMILES string of the molecule is CC(Nc1ncc(I)cn1)c1ccccc1N. The summed E-state index contributed by atoms with van der Waals surface area (Å²) in [6, 6.07) is 7.87. The molecule has 1 heterocycles. The number of nitrogen functional groups attached to an aromatic ring is 1. The van der Waals surface area contributed by atoms with Crippen molar-refractivity contribution in [2.24, 2.45) is 0 Å². The zero-order valence-corrected chi connectivity index (χ0v) is 11.5. The lowest BCUT2D eigenvalue weighted by Crippen LogP contribution is -2.11. The Morgan fingerprint density at radius 3 is 2.53 bits per heavy atom. The van der Waals surface area contributed by atoms with Gasteiger partial charge in [-0.2, -0.15) is 0 Å². The van der Waals surface area contributed by atoms with Crippen LogP contribution in [0, 0.1) is 3.57 Å². The van der Waals surface area contributed by atoms with Crippen molar-refractivity contribution < 1.29 is 0 Å². The summed E-state index contributed by atoms with van der Waals surface area (Å²) < 4.78 is 1.01. The molecule has 2 aromatic rings. The van der Waals surface area contributed by atoms with Gasteiger partial charge in [0.05, 0.1) is 6.04 Å². The summed E-state index contributed by atoms with van der Waals surface area (Å²) in [6.45, 7) is 2.03. The van der Waals surface area contributed by atoms with Crippen LogP contribution in [-0.4, -0.2) is 9.97 Å². The molecular weight excluding hydrogens is 327 g/mol. The molecule has 3 N–H and O–H groups in total. The summed E-state index contributed by atoms with van der Waals surface area (Å²) in [5, 5.41) is 3.22. The molecule has 0 saturated carbocycles. The summed E-state index contributed by atoms with van der Waals surface area (Å²) in [6.07, 6.45) is 3.55. The van der Waals surface area contributed by atoms with E-state index in [0.29, 0.717) is 5.95 Å². The maximum atomic E-state index is 5.92. The predicted molar refractivity (Wildman–Crippen MR) is 77.6 cm³/mol. The van der Waals surface area contributed by atoms with Crippen LogP contribution in [0.4, 0.5) is 11.6 Å². The van der Waals surface area contributed by atoms with E-state index in [0.717, 1.165) is 14.8 Å². The molecule has 0 aliphatic carbocycles. The van der Waals surface area contributed by atoms with Crippen LogP contribution in [0.1, 0.15) is 18.5 Å². The number of rotatable bonds is 3. The first-order valence-corrected chi connectivity index (χ1v) is 6.33. The number of nitrogens with zero attached hydrogens (tertiary/aromatic N) is 2. The van der Waals surface area contributed by atoms with Gasteiger partial charge in [0.2, 0.25) is 5.95 Å². The third-order valence-electron chi connectivity index (χ3n) is 2.43. The van der Waals surface area contributed by atoms with Gasteiger partial charge in [0.15, 0.2) is 0 Å². The highest BCUT2D eigenvalue weighted by molar-refractivity contribution is 14.1. The molecule has 1 unspecified atom stereocenters. The molecule has 1 aromatic carbocycles. The second-order valence-electron chi connectivity index (χ2n) is 3.72. The van der Waals surface area contributed by atoms with E-state index in [2.05, 4.69) is 37.9 Å². The Bertz CT molecular complexity index is 498. The van der Waals surface area contributed by atoms with Gasteiger partial charge in [-0.25, -0.2) is 9.97 Å². The summed E-state index contributed by atoms with van der Waals surface area (Å²) in [5.41, 5.74) is 7.74. The molecule has 0 amide bonds. The second kappa shape index (κ2) is 5.31.